The molecule has 0 saturated carbocycles. The summed E-state index contributed by atoms with van der Waals surface area (Å²) >= 11 is 24.3. The van der Waals surface area contributed by atoms with Crippen LogP contribution < -0.4 is 20.2 Å². The van der Waals surface area contributed by atoms with Crippen LogP contribution in [0, 0.1) is 0 Å². The Morgan fingerprint density at radius 3 is 2.19 bits per heavy atom. The first kappa shape index (κ1) is 32.2. The van der Waals surface area contributed by atoms with Crippen LogP contribution in [0.1, 0.15) is 23.6 Å². The van der Waals surface area contributed by atoms with Gasteiger partial charge in [0, 0.05) is 27.1 Å². The number of rotatable bonds is 12. The molecular formula is C32H27Cl4N3O4. The monoisotopic (exact) mass is 657 g/mol. The molecule has 0 spiro atoms. The number of hydrazone groups is 1. The molecule has 43 heavy (non-hydrogen) atoms. The van der Waals surface area contributed by atoms with Crippen molar-refractivity contribution < 1.29 is 19.1 Å². The molecule has 4 aromatic rings. The average Bonchev–Trinajstić information content (AvgIpc) is 2.99. The lowest BCUT2D eigenvalue weighted by atomic mass is 10.1. The molecule has 2 atom stereocenters. The second kappa shape index (κ2) is 15.6. The Morgan fingerprint density at radius 2 is 1.51 bits per heavy atom. The topological polar surface area (TPSA) is 89.0 Å². The van der Waals surface area contributed by atoms with E-state index in [1.807, 2.05) is 36.4 Å². The molecule has 0 aromatic heterocycles. The summed E-state index contributed by atoms with van der Waals surface area (Å²) < 4.78 is 11.5. The molecule has 0 aliphatic carbocycles. The molecule has 11 heteroatoms. The zero-order chi connectivity index (χ0) is 30.8. The van der Waals surface area contributed by atoms with Crippen LogP contribution in [0.2, 0.25) is 20.1 Å². The molecule has 2 N–H and O–H groups in total. The maximum absolute atomic E-state index is 13.1. The summed E-state index contributed by atoms with van der Waals surface area (Å²) in [5, 5.41) is 8.63. The molecule has 7 nitrogen and oxygen atoms in total. The summed E-state index contributed by atoms with van der Waals surface area (Å²) in [6.45, 7) is 1.84. The number of benzene rings is 4. The fourth-order valence-electron chi connectivity index (χ4n) is 3.86. The molecule has 222 valence electrons. The minimum absolute atomic E-state index is 0.242. The van der Waals surface area contributed by atoms with E-state index < -0.39 is 24.0 Å². The lowest BCUT2D eigenvalue weighted by Gasteiger charge is -2.21. The second-order valence-electron chi connectivity index (χ2n) is 9.41. The highest BCUT2D eigenvalue weighted by Crippen LogP contribution is 2.28. The largest absolute Gasteiger partial charge is 0.489 e. The van der Waals surface area contributed by atoms with Crippen LogP contribution >= 0.6 is 46.4 Å². The number of carbonyl (C=O) groups is 2. The predicted octanol–water partition coefficient (Wildman–Crippen LogP) is 7.52. The highest BCUT2D eigenvalue weighted by molar-refractivity contribution is 6.35. The predicted molar refractivity (Wildman–Crippen MR) is 172 cm³/mol. The van der Waals surface area contributed by atoms with Crippen LogP contribution in [-0.2, 0) is 22.6 Å². The Morgan fingerprint density at radius 1 is 0.837 bits per heavy atom. The standard InChI is InChI=1S/C32H27Cl4N3O4/c1-20(43-30-14-11-25(34)17-28(30)36)31(40)38-29(15-21-5-3-2-4-6-21)32(41)39-37-18-22-7-12-26(13-8-22)42-19-23-9-10-24(33)16-27(23)35/h2-14,16-18,20,29H,15,19H2,1H3,(H,38,40)(H,39,41)/b37-18-/t20-,29+/m0/s1. The van der Waals surface area contributed by atoms with Gasteiger partial charge in [-0.1, -0.05) is 82.8 Å². The number of nitrogens with zero attached hydrogens (tertiary/aromatic N) is 1. The van der Waals surface area contributed by atoms with E-state index in [1.54, 1.807) is 55.5 Å². The van der Waals surface area contributed by atoms with E-state index in [0.29, 0.717) is 26.6 Å². The Hall–Kier alpha value is -3.75. The quantitative estimate of drug-likeness (QED) is 0.122. The molecule has 0 radical (unpaired) electrons. The van der Waals surface area contributed by atoms with Gasteiger partial charge in [0.2, 0.25) is 0 Å². The smallest absolute Gasteiger partial charge is 0.262 e. The Labute approximate surface area is 269 Å². The maximum atomic E-state index is 13.1. The van der Waals surface area contributed by atoms with E-state index in [-0.39, 0.29) is 18.1 Å². The number of hydrogen-bond donors (Lipinski definition) is 2. The third-order valence-corrected chi connectivity index (χ3v) is 7.28. The van der Waals surface area contributed by atoms with Gasteiger partial charge in [0.1, 0.15) is 24.1 Å². The summed E-state index contributed by atoms with van der Waals surface area (Å²) in [5.41, 5.74) is 4.91. The van der Waals surface area contributed by atoms with Crippen LogP contribution in [0.4, 0.5) is 0 Å². The molecule has 0 aliphatic rings. The normalized spacial score (nSPS) is 12.4. The summed E-state index contributed by atoms with van der Waals surface area (Å²) in [4.78, 5) is 26.1. The van der Waals surface area contributed by atoms with Gasteiger partial charge >= 0.3 is 0 Å². The number of nitrogens with one attached hydrogen (secondary N) is 2. The number of amides is 2. The van der Waals surface area contributed by atoms with Crippen molar-refractivity contribution in [3.05, 3.63) is 128 Å². The van der Waals surface area contributed by atoms with E-state index in [2.05, 4.69) is 15.8 Å². The number of hydrogen-bond acceptors (Lipinski definition) is 5. The van der Waals surface area contributed by atoms with E-state index >= 15 is 0 Å². The van der Waals surface area contributed by atoms with Gasteiger partial charge in [-0.2, -0.15) is 5.10 Å². The summed E-state index contributed by atoms with van der Waals surface area (Å²) in [6.07, 6.45) is 0.795. The maximum Gasteiger partial charge on any atom is 0.262 e. The van der Waals surface area contributed by atoms with Crippen molar-refractivity contribution in [1.29, 1.82) is 0 Å². The van der Waals surface area contributed by atoms with Gasteiger partial charge in [-0.15, -0.1) is 0 Å². The third-order valence-electron chi connectivity index (χ3n) is 6.16. The molecule has 0 heterocycles. The summed E-state index contributed by atoms with van der Waals surface area (Å²) in [6, 6.07) is 25.5. The van der Waals surface area contributed by atoms with E-state index in [9.17, 15) is 9.59 Å². The van der Waals surface area contributed by atoms with Gasteiger partial charge in [-0.3, -0.25) is 9.59 Å². The van der Waals surface area contributed by atoms with Crippen molar-refractivity contribution in [2.24, 2.45) is 5.10 Å². The van der Waals surface area contributed by atoms with Gasteiger partial charge < -0.3 is 14.8 Å². The van der Waals surface area contributed by atoms with E-state index in [0.717, 1.165) is 16.7 Å². The van der Waals surface area contributed by atoms with Gasteiger partial charge in [-0.25, -0.2) is 5.43 Å². The Bertz CT molecular complexity index is 1580. The molecule has 0 aliphatic heterocycles. The van der Waals surface area contributed by atoms with Crippen molar-refractivity contribution in [2.75, 3.05) is 0 Å². The molecule has 4 rings (SSSR count). The van der Waals surface area contributed by atoms with Crippen molar-refractivity contribution in [3.8, 4) is 11.5 Å². The second-order valence-corrected chi connectivity index (χ2v) is 11.1. The van der Waals surface area contributed by atoms with E-state index in [4.69, 9.17) is 55.9 Å². The van der Waals surface area contributed by atoms with Crippen molar-refractivity contribution >= 4 is 64.4 Å². The zero-order valence-corrected chi connectivity index (χ0v) is 25.9. The summed E-state index contributed by atoms with van der Waals surface area (Å²) in [7, 11) is 0. The highest BCUT2D eigenvalue weighted by atomic mass is 35.5. The third kappa shape index (κ3) is 9.90. The molecule has 0 bridgehead atoms. The number of carbonyl (C=O) groups excluding carboxylic acids is 2. The molecule has 0 unspecified atom stereocenters. The first-order chi connectivity index (χ1) is 20.7. The number of ether oxygens (including phenoxy) is 2. The molecule has 2 amide bonds. The van der Waals surface area contributed by atoms with Crippen LogP contribution in [0.25, 0.3) is 0 Å². The fourth-order valence-corrected chi connectivity index (χ4v) is 4.78. The van der Waals surface area contributed by atoms with Gasteiger partial charge in [0.25, 0.3) is 11.8 Å². The van der Waals surface area contributed by atoms with Crippen molar-refractivity contribution in [2.45, 2.75) is 32.1 Å². The Balaban J connectivity index is 1.35. The van der Waals surface area contributed by atoms with E-state index in [1.165, 1.54) is 12.3 Å². The lowest BCUT2D eigenvalue weighted by Crippen LogP contribution is -2.50. The lowest BCUT2D eigenvalue weighted by molar-refractivity contribution is -0.132. The van der Waals surface area contributed by atoms with Crippen molar-refractivity contribution in [3.63, 3.8) is 0 Å². The van der Waals surface area contributed by atoms with Crippen LogP contribution in [-0.4, -0.2) is 30.2 Å². The fraction of sp³-hybridized carbons (Fsp3) is 0.156. The average molecular weight is 659 g/mol. The Kier molecular flexibility index (Phi) is 11.7. The number of halogens is 4. The van der Waals surface area contributed by atoms with Gasteiger partial charge in [0.05, 0.1) is 11.2 Å². The first-order valence-electron chi connectivity index (χ1n) is 13.1. The molecule has 0 fully saturated rings. The van der Waals surface area contributed by atoms with Crippen LogP contribution in [0.5, 0.6) is 11.5 Å². The van der Waals surface area contributed by atoms with Crippen molar-refractivity contribution in [1.82, 2.24) is 10.7 Å². The molecule has 0 saturated heterocycles. The van der Waals surface area contributed by atoms with Gasteiger partial charge in [0.15, 0.2) is 6.10 Å². The minimum Gasteiger partial charge on any atom is -0.489 e. The minimum atomic E-state index is -0.940. The SMILES string of the molecule is C[C@H](Oc1ccc(Cl)cc1Cl)C(=O)N[C@H](Cc1ccccc1)C(=O)N/N=C\c1ccc(OCc2ccc(Cl)cc2Cl)cc1. The zero-order valence-electron chi connectivity index (χ0n) is 22.9. The first-order valence-corrected chi connectivity index (χ1v) is 14.6. The van der Waals surface area contributed by atoms with Crippen LogP contribution in [0.15, 0.2) is 96.1 Å². The summed E-state index contributed by atoms with van der Waals surface area (Å²) in [5.74, 6) is -0.0619. The van der Waals surface area contributed by atoms with Crippen LogP contribution in [0.3, 0.4) is 0 Å². The highest BCUT2D eigenvalue weighted by Gasteiger charge is 2.25. The molecule has 4 aromatic carbocycles. The molecular weight excluding hydrogens is 632 g/mol. The van der Waals surface area contributed by atoms with Gasteiger partial charge in [-0.05, 0) is 72.6 Å².